The van der Waals surface area contributed by atoms with Crippen molar-refractivity contribution in [2.45, 2.75) is 41.5 Å². The molecule has 1 fully saturated rings. The fraction of sp³-hybridized carbons (Fsp3) is 0.389. The molecular formula is C18H21ClN4O3S2. The summed E-state index contributed by atoms with van der Waals surface area (Å²) < 4.78 is 27.2. The van der Waals surface area contributed by atoms with Crippen LogP contribution in [0, 0.1) is 0 Å². The number of carbonyl (C=O) groups is 1. The third-order valence-electron chi connectivity index (χ3n) is 4.34. The highest BCUT2D eigenvalue weighted by Crippen LogP contribution is 2.29. The molecule has 3 rings (SSSR count). The van der Waals surface area contributed by atoms with Crippen molar-refractivity contribution < 1.29 is 13.2 Å². The van der Waals surface area contributed by atoms with Crippen LogP contribution < -0.4 is 5.32 Å². The second kappa shape index (κ2) is 9.21. The first kappa shape index (κ1) is 21.0. The quantitative estimate of drug-likeness (QED) is 0.546. The predicted molar refractivity (Wildman–Crippen MR) is 110 cm³/mol. The molecule has 1 saturated heterocycles. The number of halogens is 1. The number of sulfonamides is 1. The molecule has 0 aliphatic carbocycles. The first-order valence-electron chi connectivity index (χ1n) is 8.92. The molecule has 0 bridgehead atoms. The molecule has 1 aliphatic rings. The molecule has 2 heterocycles. The summed E-state index contributed by atoms with van der Waals surface area (Å²) in [5.41, 5.74) is 0.270. The van der Waals surface area contributed by atoms with Gasteiger partial charge in [-0.05, 0) is 44.0 Å². The molecule has 0 radical (unpaired) electrons. The molecule has 28 heavy (non-hydrogen) atoms. The molecule has 150 valence electrons. The maximum atomic E-state index is 12.9. The van der Waals surface area contributed by atoms with E-state index in [0.29, 0.717) is 18.2 Å². The van der Waals surface area contributed by atoms with Crippen LogP contribution in [0.5, 0.6) is 0 Å². The number of aromatic nitrogens is 2. The standard InChI is InChI=1S/C18H21ClN4O3S2/c1-13(27-18-20-8-5-9-21-18)17(24)22-16-12-14(6-7-15(16)19)28(25,26)23-10-3-2-4-11-23/h5-9,12-13H,2-4,10-11H2,1H3,(H,22,24)/t13-/m1/s1. The van der Waals surface area contributed by atoms with Gasteiger partial charge in [-0.25, -0.2) is 18.4 Å². The summed E-state index contributed by atoms with van der Waals surface area (Å²) in [6.07, 6.45) is 5.95. The summed E-state index contributed by atoms with van der Waals surface area (Å²) in [6.45, 7) is 2.74. The van der Waals surface area contributed by atoms with Crippen molar-refractivity contribution >= 4 is 45.0 Å². The highest BCUT2D eigenvalue weighted by Gasteiger charge is 2.27. The van der Waals surface area contributed by atoms with Gasteiger partial charge >= 0.3 is 0 Å². The molecule has 0 spiro atoms. The average molecular weight is 441 g/mol. The van der Waals surface area contributed by atoms with Crippen LogP contribution in [0.3, 0.4) is 0 Å². The SMILES string of the molecule is C[C@@H](Sc1ncccn1)C(=O)Nc1cc(S(=O)(=O)N2CCCCC2)ccc1Cl. The minimum absolute atomic E-state index is 0.126. The van der Waals surface area contributed by atoms with Gasteiger partial charge < -0.3 is 5.32 Å². The lowest BCUT2D eigenvalue weighted by Crippen LogP contribution is -2.35. The number of nitrogens with zero attached hydrogens (tertiary/aromatic N) is 3. The van der Waals surface area contributed by atoms with Crippen LogP contribution in [-0.2, 0) is 14.8 Å². The van der Waals surface area contributed by atoms with Crippen LogP contribution in [0.25, 0.3) is 0 Å². The number of carbonyl (C=O) groups excluding carboxylic acids is 1. The van der Waals surface area contributed by atoms with Gasteiger partial charge in [0.25, 0.3) is 0 Å². The van der Waals surface area contributed by atoms with Gasteiger partial charge in [-0.15, -0.1) is 0 Å². The molecule has 0 unspecified atom stereocenters. The van der Waals surface area contributed by atoms with E-state index in [9.17, 15) is 13.2 Å². The second-order valence-electron chi connectivity index (χ2n) is 6.39. The number of benzene rings is 1. The Hall–Kier alpha value is -1.68. The van der Waals surface area contributed by atoms with E-state index in [1.807, 2.05) is 0 Å². The Morgan fingerprint density at radius 2 is 1.89 bits per heavy atom. The van der Waals surface area contributed by atoms with Crippen LogP contribution in [0.2, 0.25) is 5.02 Å². The Morgan fingerprint density at radius 3 is 2.57 bits per heavy atom. The van der Waals surface area contributed by atoms with Crippen molar-refractivity contribution in [3.63, 3.8) is 0 Å². The van der Waals surface area contributed by atoms with Crippen molar-refractivity contribution in [2.75, 3.05) is 18.4 Å². The maximum Gasteiger partial charge on any atom is 0.243 e. The third-order valence-corrected chi connectivity index (χ3v) is 7.56. The largest absolute Gasteiger partial charge is 0.324 e. The van der Waals surface area contributed by atoms with Crippen LogP contribution >= 0.6 is 23.4 Å². The Balaban J connectivity index is 1.75. The molecular weight excluding hydrogens is 420 g/mol. The van der Waals surface area contributed by atoms with Crippen LogP contribution in [0.4, 0.5) is 5.69 Å². The van der Waals surface area contributed by atoms with Gasteiger partial charge in [0.2, 0.25) is 15.9 Å². The van der Waals surface area contributed by atoms with Gasteiger partial charge in [0.15, 0.2) is 5.16 Å². The number of anilines is 1. The molecule has 2 aromatic rings. The highest BCUT2D eigenvalue weighted by molar-refractivity contribution is 8.00. The maximum absolute atomic E-state index is 12.9. The molecule has 1 aliphatic heterocycles. The summed E-state index contributed by atoms with van der Waals surface area (Å²) in [7, 11) is -3.61. The third kappa shape index (κ3) is 5.02. The Bertz CT molecular complexity index is 935. The average Bonchev–Trinajstić information content (AvgIpc) is 2.71. The van der Waals surface area contributed by atoms with E-state index >= 15 is 0 Å². The van der Waals surface area contributed by atoms with E-state index in [0.717, 1.165) is 19.3 Å². The van der Waals surface area contributed by atoms with E-state index in [-0.39, 0.29) is 21.5 Å². The number of rotatable bonds is 6. The molecule has 1 N–H and O–H groups in total. The van der Waals surface area contributed by atoms with Gasteiger partial charge in [-0.1, -0.05) is 29.8 Å². The first-order chi connectivity index (χ1) is 13.4. The molecule has 10 heteroatoms. The van der Waals surface area contributed by atoms with Gasteiger partial charge in [0.05, 0.1) is 20.9 Å². The van der Waals surface area contributed by atoms with E-state index < -0.39 is 15.3 Å². The smallest absolute Gasteiger partial charge is 0.243 e. The number of piperidine rings is 1. The zero-order chi connectivity index (χ0) is 20.1. The zero-order valence-electron chi connectivity index (χ0n) is 15.3. The van der Waals surface area contributed by atoms with Crippen LogP contribution in [0.1, 0.15) is 26.2 Å². The van der Waals surface area contributed by atoms with E-state index in [2.05, 4.69) is 15.3 Å². The van der Waals surface area contributed by atoms with Crippen molar-refractivity contribution in [1.29, 1.82) is 0 Å². The fourth-order valence-corrected chi connectivity index (χ4v) is 5.24. The van der Waals surface area contributed by atoms with Crippen LogP contribution in [-0.4, -0.2) is 46.9 Å². The lowest BCUT2D eigenvalue weighted by Gasteiger charge is -2.26. The lowest BCUT2D eigenvalue weighted by molar-refractivity contribution is -0.115. The van der Waals surface area contributed by atoms with Crippen molar-refractivity contribution in [3.8, 4) is 0 Å². The molecule has 1 atom stereocenters. The zero-order valence-corrected chi connectivity index (χ0v) is 17.7. The number of amides is 1. The van der Waals surface area contributed by atoms with Crippen molar-refractivity contribution in [2.24, 2.45) is 0 Å². The molecule has 7 nitrogen and oxygen atoms in total. The van der Waals surface area contributed by atoms with Gasteiger partial charge in [0, 0.05) is 25.5 Å². The molecule has 1 amide bonds. The van der Waals surface area contributed by atoms with E-state index in [1.165, 1.54) is 34.3 Å². The number of nitrogens with one attached hydrogen (secondary N) is 1. The Morgan fingerprint density at radius 1 is 1.21 bits per heavy atom. The summed E-state index contributed by atoms with van der Waals surface area (Å²) in [4.78, 5) is 20.8. The molecule has 1 aromatic heterocycles. The van der Waals surface area contributed by atoms with Crippen molar-refractivity contribution in [3.05, 3.63) is 41.7 Å². The fourth-order valence-electron chi connectivity index (χ4n) is 2.81. The van der Waals surface area contributed by atoms with Gasteiger partial charge in [-0.3, -0.25) is 4.79 Å². The minimum atomic E-state index is -3.61. The predicted octanol–water partition coefficient (Wildman–Crippen LogP) is 3.42. The summed E-state index contributed by atoms with van der Waals surface area (Å²) >= 11 is 7.39. The monoisotopic (exact) mass is 440 g/mol. The number of hydrogen-bond acceptors (Lipinski definition) is 6. The second-order valence-corrected chi connectivity index (χ2v) is 10.0. The molecule has 0 saturated carbocycles. The van der Waals surface area contributed by atoms with Crippen molar-refractivity contribution in [1.82, 2.24) is 14.3 Å². The normalized spacial score (nSPS) is 16.5. The Labute approximate surface area is 173 Å². The van der Waals surface area contributed by atoms with E-state index in [4.69, 9.17) is 11.6 Å². The topological polar surface area (TPSA) is 92.3 Å². The van der Waals surface area contributed by atoms with Crippen LogP contribution in [0.15, 0.2) is 46.7 Å². The number of hydrogen-bond donors (Lipinski definition) is 1. The van der Waals surface area contributed by atoms with E-state index in [1.54, 1.807) is 25.4 Å². The van der Waals surface area contributed by atoms with Gasteiger partial charge in [-0.2, -0.15) is 4.31 Å². The minimum Gasteiger partial charge on any atom is -0.324 e. The lowest BCUT2D eigenvalue weighted by atomic mass is 10.2. The highest BCUT2D eigenvalue weighted by atomic mass is 35.5. The molecule has 1 aromatic carbocycles. The number of thioether (sulfide) groups is 1. The van der Waals surface area contributed by atoms with Gasteiger partial charge in [0.1, 0.15) is 0 Å². The summed E-state index contributed by atoms with van der Waals surface area (Å²) in [5, 5.41) is 2.99. The Kier molecular flexibility index (Phi) is 6.92. The summed E-state index contributed by atoms with van der Waals surface area (Å²) in [5.74, 6) is -0.313. The summed E-state index contributed by atoms with van der Waals surface area (Å²) in [6, 6.07) is 6.08. The first-order valence-corrected chi connectivity index (χ1v) is 11.6.